The first-order chi connectivity index (χ1) is 12.8. The van der Waals surface area contributed by atoms with Crippen LogP contribution in [0.25, 0.3) is 0 Å². The molecular formula is C24H40N2. The monoisotopic (exact) mass is 356 g/mol. The van der Waals surface area contributed by atoms with Crippen molar-refractivity contribution in [3.05, 3.63) is 24.3 Å². The van der Waals surface area contributed by atoms with Crippen LogP contribution in [0.5, 0.6) is 0 Å². The predicted octanol–water partition coefficient (Wildman–Crippen LogP) is 7.37. The summed E-state index contributed by atoms with van der Waals surface area (Å²) in [4.78, 5) is 0. The van der Waals surface area contributed by atoms with E-state index in [1.165, 1.54) is 77.0 Å². The molecule has 2 fully saturated rings. The van der Waals surface area contributed by atoms with E-state index in [4.69, 9.17) is 0 Å². The fraction of sp³-hybridized carbons (Fsp3) is 0.750. The zero-order valence-corrected chi connectivity index (χ0v) is 17.2. The van der Waals surface area contributed by atoms with Gasteiger partial charge in [0.25, 0.3) is 0 Å². The van der Waals surface area contributed by atoms with Crippen LogP contribution >= 0.6 is 0 Å². The van der Waals surface area contributed by atoms with Crippen molar-refractivity contribution in [1.82, 2.24) is 0 Å². The number of hydrogen-bond donors (Lipinski definition) is 0. The van der Waals surface area contributed by atoms with Crippen LogP contribution in [0.3, 0.4) is 0 Å². The lowest BCUT2D eigenvalue weighted by molar-refractivity contribution is 0.310. The zero-order valence-electron chi connectivity index (χ0n) is 17.2. The summed E-state index contributed by atoms with van der Waals surface area (Å²) in [6, 6.07) is 0. The second kappa shape index (κ2) is 13.1. The molecule has 2 aliphatic carbocycles. The van der Waals surface area contributed by atoms with Gasteiger partial charge in [-0.2, -0.15) is 10.2 Å². The molecule has 2 rings (SSSR count). The van der Waals surface area contributed by atoms with Crippen LogP contribution in [0.2, 0.25) is 0 Å². The smallest absolute Gasteiger partial charge is 0.0301 e. The predicted molar refractivity (Wildman–Crippen MR) is 116 cm³/mol. The fourth-order valence-corrected chi connectivity index (χ4v) is 4.51. The summed E-state index contributed by atoms with van der Waals surface area (Å²) in [5.41, 5.74) is 0. The molecule has 0 radical (unpaired) electrons. The molecule has 0 aromatic heterocycles. The Morgan fingerprint density at radius 2 is 1.00 bits per heavy atom. The third kappa shape index (κ3) is 8.47. The Bertz CT molecular complexity index is 415. The van der Waals surface area contributed by atoms with Gasteiger partial charge in [0.2, 0.25) is 0 Å². The Balaban J connectivity index is 1.58. The number of allylic oxidation sites excluding steroid dienone is 4. The molecule has 0 heterocycles. The minimum absolute atomic E-state index is 0.660. The Kier molecular flexibility index (Phi) is 10.6. The summed E-state index contributed by atoms with van der Waals surface area (Å²) in [6.45, 7) is 4.23. The molecular weight excluding hydrogens is 316 g/mol. The van der Waals surface area contributed by atoms with E-state index in [-0.39, 0.29) is 0 Å². The Morgan fingerprint density at radius 1 is 0.615 bits per heavy atom. The van der Waals surface area contributed by atoms with Gasteiger partial charge in [-0.3, -0.25) is 0 Å². The van der Waals surface area contributed by atoms with Gasteiger partial charge in [-0.25, -0.2) is 0 Å². The van der Waals surface area contributed by atoms with Gasteiger partial charge in [-0.15, -0.1) is 0 Å². The molecule has 0 spiro atoms. The molecule has 2 nitrogen and oxygen atoms in total. The van der Waals surface area contributed by atoms with E-state index in [1.807, 2.05) is 0 Å². The molecule has 0 N–H and O–H groups in total. The maximum absolute atomic E-state index is 4.39. The van der Waals surface area contributed by atoms with E-state index in [1.54, 1.807) is 0 Å². The summed E-state index contributed by atoms with van der Waals surface area (Å²) in [5, 5.41) is 8.79. The Labute approximate surface area is 162 Å². The summed E-state index contributed by atoms with van der Waals surface area (Å²) in [6.07, 6.45) is 29.1. The number of rotatable bonds is 9. The summed E-state index contributed by atoms with van der Waals surface area (Å²) < 4.78 is 0. The van der Waals surface area contributed by atoms with Gasteiger partial charge in [0.05, 0.1) is 0 Å². The summed E-state index contributed by atoms with van der Waals surface area (Å²) in [5.74, 6) is 3.18. The van der Waals surface area contributed by atoms with Crippen LogP contribution < -0.4 is 0 Å². The molecule has 2 heteroatoms. The number of hydrogen-bond acceptors (Lipinski definition) is 2. The van der Waals surface area contributed by atoms with E-state index < -0.39 is 0 Å². The highest BCUT2D eigenvalue weighted by Gasteiger charge is 2.20. The van der Waals surface area contributed by atoms with Gasteiger partial charge in [-0.05, 0) is 115 Å². The first-order valence-electron chi connectivity index (χ1n) is 11.1. The van der Waals surface area contributed by atoms with Crippen molar-refractivity contribution in [2.45, 2.75) is 90.9 Å². The summed E-state index contributed by atoms with van der Waals surface area (Å²) in [7, 11) is 0. The van der Waals surface area contributed by atoms with Gasteiger partial charge in [-0.1, -0.05) is 24.3 Å². The van der Waals surface area contributed by atoms with E-state index in [0.717, 1.165) is 11.8 Å². The molecule has 0 aromatic rings. The van der Waals surface area contributed by atoms with Crippen LogP contribution in [0.15, 0.2) is 34.5 Å². The lowest BCUT2D eigenvalue weighted by Crippen LogP contribution is -2.16. The molecule has 0 bridgehead atoms. The maximum atomic E-state index is 4.39. The van der Waals surface area contributed by atoms with Crippen LogP contribution in [-0.4, -0.2) is 12.4 Å². The average molecular weight is 357 g/mol. The maximum Gasteiger partial charge on any atom is 0.0301 e. The zero-order chi connectivity index (χ0) is 18.5. The molecule has 0 aromatic carbocycles. The normalized spacial score (nSPS) is 31.0. The third-order valence-electron chi connectivity index (χ3n) is 6.36. The lowest BCUT2D eigenvalue weighted by atomic mass is 9.80. The molecule has 26 heavy (non-hydrogen) atoms. The van der Waals surface area contributed by atoms with Gasteiger partial charge in [0, 0.05) is 12.4 Å². The van der Waals surface area contributed by atoms with Crippen molar-refractivity contribution in [1.29, 1.82) is 0 Å². The van der Waals surface area contributed by atoms with Gasteiger partial charge >= 0.3 is 0 Å². The van der Waals surface area contributed by atoms with Crippen LogP contribution in [0, 0.1) is 23.7 Å². The van der Waals surface area contributed by atoms with Crippen molar-refractivity contribution in [2.24, 2.45) is 33.9 Å². The second-order valence-electron chi connectivity index (χ2n) is 8.38. The van der Waals surface area contributed by atoms with E-state index >= 15 is 0 Å². The van der Waals surface area contributed by atoms with Crippen molar-refractivity contribution >= 4 is 12.4 Å². The average Bonchev–Trinajstić information content (AvgIpc) is 2.68. The highest BCUT2D eigenvalue weighted by Crippen LogP contribution is 2.32. The molecule has 2 saturated carbocycles. The second-order valence-corrected chi connectivity index (χ2v) is 8.38. The van der Waals surface area contributed by atoms with E-state index in [0.29, 0.717) is 11.8 Å². The van der Waals surface area contributed by atoms with Gasteiger partial charge < -0.3 is 0 Å². The quantitative estimate of drug-likeness (QED) is 0.234. The molecule has 0 saturated heterocycles. The van der Waals surface area contributed by atoms with Crippen molar-refractivity contribution in [3.8, 4) is 0 Å². The molecule has 0 amide bonds. The first kappa shape index (κ1) is 21.1. The van der Waals surface area contributed by atoms with Crippen molar-refractivity contribution in [3.63, 3.8) is 0 Å². The number of nitrogens with zero attached hydrogens (tertiary/aromatic N) is 2. The van der Waals surface area contributed by atoms with E-state index in [2.05, 4.69) is 60.8 Å². The first-order valence-corrected chi connectivity index (χ1v) is 11.1. The van der Waals surface area contributed by atoms with E-state index in [9.17, 15) is 0 Å². The fourth-order valence-electron chi connectivity index (χ4n) is 4.51. The highest BCUT2D eigenvalue weighted by molar-refractivity contribution is 5.64. The third-order valence-corrected chi connectivity index (χ3v) is 6.36. The highest BCUT2D eigenvalue weighted by atomic mass is 15.2. The Morgan fingerprint density at radius 3 is 1.35 bits per heavy atom. The van der Waals surface area contributed by atoms with Crippen LogP contribution in [0.1, 0.15) is 90.9 Å². The van der Waals surface area contributed by atoms with Crippen LogP contribution in [-0.2, 0) is 0 Å². The summed E-state index contributed by atoms with van der Waals surface area (Å²) >= 11 is 0. The molecule has 0 aliphatic heterocycles. The van der Waals surface area contributed by atoms with Crippen LogP contribution in [0.4, 0.5) is 0 Å². The standard InChI is InChI=1S/C24H40N2/c1-3-5-7-9-21-11-15-23(16-12-21)19-25-26-20-24-17-13-22(14-18-24)10-8-6-4-2/h3-6,19-24H,7-18H2,1-2H3/b5-3+,6-4+,25-19?,26-20?. The lowest BCUT2D eigenvalue weighted by Gasteiger charge is -2.26. The molecule has 0 unspecified atom stereocenters. The van der Waals surface area contributed by atoms with Crippen molar-refractivity contribution in [2.75, 3.05) is 0 Å². The minimum Gasteiger partial charge on any atom is -0.164 e. The van der Waals surface area contributed by atoms with Crippen molar-refractivity contribution < 1.29 is 0 Å². The van der Waals surface area contributed by atoms with Gasteiger partial charge in [0.15, 0.2) is 0 Å². The molecule has 2 aliphatic rings. The minimum atomic E-state index is 0.660. The topological polar surface area (TPSA) is 24.7 Å². The molecule has 0 atom stereocenters. The molecule has 146 valence electrons. The largest absolute Gasteiger partial charge is 0.164 e. The Hall–Kier alpha value is -1.18. The van der Waals surface area contributed by atoms with Gasteiger partial charge in [0.1, 0.15) is 0 Å². The SMILES string of the molecule is C/C=C/CCC1CCC(C=NN=CC2CCC(CC/C=C/C)CC2)CC1.